The second-order valence-corrected chi connectivity index (χ2v) is 4.38. The summed E-state index contributed by atoms with van der Waals surface area (Å²) >= 11 is 0. The van der Waals surface area contributed by atoms with Gasteiger partial charge in [0.1, 0.15) is 5.82 Å². The van der Waals surface area contributed by atoms with Gasteiger partial charge in [0.05, 0.1) is 5.69 Å². The molecule has 1 N–H and O–H groups in total. The normalized spacial score (nSPS) is 18.7. The molecule has 0 amide bonds. The molecule has 1 fully saturated rings. The molecule has 0 spiro atoms. The Morgan fingerprint density at radius 3 is 2.57 bits per heavy atom. The molecular weight excluding hydrogens is 172 g/mol. The largest absolute Gasteiger partial charge is 0.346 e. The van der Waals surface area contributed by atoms with Crippen LogP contribution in [0.1, 0.15) is 62.2 Å². The summed E-state index contributed by atoms with van der Waals surface area (Å²) in [6.07, 6.45) is 7.90. The molecule has 1 aliphatic carbocycles. The van der Waals surface area contributed by atoms with E-state index in [4.69, 9.17) is 4.98 Å². The SMILES string of the molecule is CCc1nc(C2CCCCC2)c(C)[nH]1. The Bertz CT molecular complexity index is 295. The van der Waals surface area contributed by atoms with Crippen molar-refractivity contribution in [2.45, 2.75) is 58.3 Å². The van der Waals surface area contributed by atoms with Crippen LogP contribution in [0.25, 0.3) is 0 Å². The number of rotatable bonds is 2. The quantitative estimate of drug-likeness (QED) is 0.765. The molecule has 0 atom stereocenters. The first-order valence-electron chi connectivity index (χ1n) is 5.86. The number of nitrogens with one attached hydrogen (secondary N) is 1. The van der Waals surface area contributed by atoms with Crippen molar-refractivity contribution in [3.8, 4) is 0 Å². The molecule has 0 saturated heterocycles. The van der Waals surface area contributed by atoms with Crippen molar-refractivity contribution in [2.24, 2.45) is 0 Å². The standard InChI is InChI=1S/C12H20N2/c1-3-11-13-9(2)12(14-11)10-7-5-4-6-8-10/h10H,3-8H2,1-2H3,(H,13,14). The summed E-state index contributed by atoms with van der Waals surface area (Å²) in [7, 11) is 0. The molecule has 1 aromatic heterocycles. The third-order valence-electron chi connectivity index (χ3n) is 3.30. The molecule has 78 valence electrons. The monoisotopic (exact) mass is 192 g/mol. The highest BCUT2D eigenvalue weighted by Crippen LogP contribution is 2.33. The van der Waals surface area contributed by atoms with Gasteiger partial charge in [-0.25, -0.2) is 4.98 Å². The predicted octanol–water partition coefficient (Wildman–Crippen LogP) is 3.33. The Morgan fingerprint density at radius 1 is 1.29 bits per heavy atom. The van der Waals surface area contributed by atoms with Crippen LogP contribution in [0, 0.1) is 6.92 Å². The summed E-state index contributed by atoms with van der Waals surface area (Å²) in [5.41, 5.74) is 2.65. The average Bonchev–Trinajstić information content (AvgIpc) is 2.61. The lowest BCUT2D eigenvalue weighted by Gasteiger charge is -2.20. The molecule has 1 aromatic rings. The Labute approximate surface area is 86.1 Å². The maximum absolute atomic E-state index is 4.70. The third-order valence-corrected chi connectivity index (χ3v) is 3.30. The molecule has 14 heavy (non-hydrogen) atoms. The molecule has 0 radical (unpaired) electrons. The molecule has 0 unspecified atom stereocenters. The van der Waals surface area contributed by atoms with Crippen molar-refractivity contribution >= 4 is 0 Å². The first-order valence-corrected chi connectivity index (χ1v) is 5.86. The van der Waals surface area contributed by atoms with Gasteiger partial charge in [0.25, 0.3) is 0 Å². The van der Waals surface area contributed by atoms with E-state index in [9.17, 15) is 0 Å². The zero-order valence-electron chi connectivity index (χ0n) is 9.27. The van der Waals surface area contributed by atoms with Crippen LogP contribution >= 0.6 is 0 Å². The van der Waals surface area contributed by atoms with Crippen LogP contribution in [0.5, 0.6) is 0 Å². The highest BCUT2D eigenvalue weighted by molar-refractivity contribution is 5.18. The molecule has 0 bridgehead atoms. The van der Waals surface area contributed by atoms with Crippen LogP contribution in [-0.4, -0.2) is 9.97 Å². The lowest BCUT2D eigenvalue weighted by molar-refractivity contribution is 0.436. The van der Waals surface area contributed by atoms with Gasteiger partial charge in [-0.1, -0.05) is 26.2 Å². The van der Waals surface area contributed by atoms with Gasteiger partial charge in [0.2, 0.25) is 0 Å². The molecule has 2 rings (SSSR count). The highest BCUT2D eigenvalue weighted by Gasteiger charge is 2.20. The molecule has 2 heteroatoms. The first kappa shape index (κ1) is 9.75. The second-order valence-electron chi connectivity index (χ2n) is 4.38. The molecule has 1 heterocycles. The summed E-state index contributed by atoms with van der Waals surface area (Å²) in [6.45, 7) is 4.32. The fourth-order valence-electron chi connectivity index (χ4n) is 2.48. The molecule has 0 aromatic carbocycles. The lowest BCUT2D eigenvalue weighted by atomic mass is 9.86. The van der Waals surface area contributed by atoms with Crippen molar-refractivity contribution < 1.29 is 0 Å². The molecule has 1 aliphatic rings. The smallest absolute Gasteiger partial charge is 0.106 e. The van der Waals surface area contributed by atoms with Gasteiger partial charge >= 0.3 is 0 Å². The number of aromatic amines is 1. The highest BCUT2D eigenvalue weighted by atomic mass is 14.9. The van der Waals surface area contributed by atoms with Crippen LogP contribution < -0.4 is 0 Å². The van der Waals surface area contributed by atoms with Gasteiger partial charge < -0.3 is 4.98 Å². The minimum Gasteiger partial charge on any atom is -0.346 e. The van der Waals surface area contributed by atoms with Crippen molar-refractivity contribution in [1.82, 2.24) is 9.97 Å². The molecular formula is C12H20N2. The van der Waals surface area contributed by atoms with Crippen molar-refractivity contribution in [1.29, 1.82) is 0 Å². The van der Waals surface area contributed by atoms with Crippen molar-refractivity contribution in [3.05, 3.63) is 17.2 Å². The zero-order chi connectivity index (χ0) is 9.97. The summed E-state index contributed by atoms with van der Waals surface area (Å²) in [6, 6.07) is 0. The number of aryl methyl sites for hydroxylation is 2. The van der Waals surface area contributed by atoms with Crippen LogP contribution in [0.4, 0.5) is 0 Å². The number of H-pyrrole nitrogens is 1. The molecule has 2 nitrogen and oxygen atoms in total. The van der Waals surface area contributed by atoms with Crippen LogP contribution in [0.3, 0.4) is 0 Å². The Balaban J connectivity index is 2.17. The number of aromatic nitrogens is 2. The van der Waals surface area contributed by atoms with Crippen LogP contribution in [0.2, 0.25) is 0 Å². The van der Waals surface area contributed by atoms with E-state index in [-0.39, 0.29) is 0 Å². The van der Waals surface area contributed by atoms with Gasteiger partial charge in [0.15, 0.2) is 0 Å². The maximum atomic E-state index is 4.70. The van der Waals surface area contributed by atoms with Gasteiger partial charge in [-0.05, 0) is 19.8 Å². The summed E-state index contributed by atoms with van der Waals surface area (Å²) in [5, 5.41) is 0. The minimum atomic E-state index is 0.736. The zero-order valence-corrected chi connectivity index (χ0v) is 9.27. The van der Waals surface area contributed by atoms with Crippen LogP contribution in [-0.2, 0) is 6.42 Å². The van der Waals surface area contributed by atoms with E-state index in [0.717, 1.165) is 18.2 Å². The number of imidazole rings is 1. The lowest BCUT2D eigenvalue weighted by Crippen LogP contribution is -2.06. The predicted molar refractivity (Wildman–Crippen MR) is 58.5 cm³/mol. The second kappa shape index (κ2) is 4.16. The van der Waals surface area contributed by atoms with E-state index in [1.54, 1.807) is 0 Å². The maximum Gasteiger partial charge on any atom is 0.106 e. The topological polar surface area (TPSA) is 28.7 Å². The van der Waals surface area contributed by atoms with E-state index in [1.807, 2.05) is 0 Å². The number of hydrogen-bond donors (Lipinski definition) is 1. The fourth-order valence-corrected chi connectivity index (χ4v) is 2.48. The Hall–Kier alpha value is -0.790. The van der Waals surface area contributed by atoms with Gasteiger partial charge in [0, 0.05) is 18.0 Å². The minimum absolute atomic E-state index is 0.736. The van der Waals surface area contributed by atoms with Gasteiger partial charge in [-0.15, -0.1) is 0 Å². The Morgan fingerprint density at radius 2 is 2.00 bits per heavy atom. The molecule has 0 aliphatic heterocycles. The average molecular weight is 192 g/mol. The van der Waals surface area contributed by atoms with Gasteiger partial charge in [-0.2, -0.15) is 0 Å². The van der Waals surface area contributed by atoms with Crippen molar-refractivity contribution in [2.75, 3.05) is 0 Å². The summed E-state index contributed by atoms with van der Waals surface area (Å²) < 4.78 is 0. The third kappa shape index (κ3) is 1.84. The first-order chi connectivity index (χ1) is 6.81. The van der Waals surface area contributed by atoms with Crippen LogP contribution in [0.15, 0.2) is 0 Å². The van der Waals surface area contributed by atoms with E-state index < -0.39 is 0 Å². The van der Waals surface area contributed by atoms with E-state index in [2.05, 4.69) is 18.8 Å². The number of hydrogen-bond acceptors (Lipinski definition) is 1. The van der Waals surface area contributed by atoms with E-state index in [1.165, 1.54) is 43.5 Å². The summed E-state index contributed by atoms with van der Waals surface area (Å²) in [5.74, 6) is 1.89. The fraction of sp³-hybridized carbons (Fsp3) is 0.750. The van der Waals surface area contributed by atoms with Gasteiger partial charge in [-0.3, -0.25) is 0 Å². The molecule has 1 saturated carbocycles. The van der Waals surface area contributed by atoms with E-state index >= 15 is 0 Å². The van der Waals surface area contributed by atoms with Crippen molar-refractivity contribution in [3.63, 3.8) is 0 Å². The Kier molecular flexibility index (Phi) is 2.90. The number of nitrogens with zero attached hydrogens (tertiary/aromatic N) is 1. The van der Waals surface area contributed by atoms with E-state index in [0.29, 0.717) is 0 Å². The summed E-state index contributed by atoms with van der Waals surface area (Å²) in [4.78, 5) is 8.08.